The average molecular weight is 381 g/mol. The van der Waals surface area contributed by atoms with Crippen molar-refractivity contribution in [2.24, 2.45) is 5.92 Å². The molecular formula is C24H32N2O2. The van der Waals surface area contributed by atoms with Gasteiger partial charge >= 0.3 is 0 Å². The summed E-state index contributed by atoms with van der Waals surface area (Å²) in [5.74, 6) is 1.01. The summed E-state index contributed by atoms with van der Waals surface area (Å²) in [6.45, 7) is 5.09. The molecule has 0 atom stereocenters. The second-order valence-electron chi connectivity index (χ2n) is 7.36. The van der Waals surface area contributed by atoms with E-state index in [1.165, 1.54) is 38.5 Å². The average Bonchev–Trinajstić information content (AvgIpc) is 2.73. The summed E-state index contributed by atoms with van der Waals surface area (Å²) in [6.07, 6.45) is 8.35. The number of rotatable bonds is 11. The topological polar surface area (TPSA) is 62.1 Å². The normalized spacial score (nSPS) is 10.8. The first-order chi connectivity index (χ1) is 13.7. The number of carbonyl (C=O) groups is 1. The number of amides is 1. The fourth-order valence-electron chi connectivity index (χ4n) is 3.73. The van der Waals surface area contributed by atoms with E-state index in [1.54, 1.807) is 13.2 Å². The predicted octanol–water partition coefficient (Wildman–Crippen LogP) is 5.84. The van der Waals surface area contributed by atoms with Gasteiger partial charge in [-0.05, 0) is 18.4 Å². The van der Waals surface area contributed by atoms with E-state index >= 15 is 0 Å². The Morgan fingerprint density at radius 1 is 1.11 bits per heavy atom. The summed E-state index contributed by atoms with van der Waals surface area (Å²) in [4.78, 5) is 12.8. The number of hydrogen-bond donors (Lipinski definition) is 1. The lowest BCUT2D eigenvalue weighted by Gasteiger charge is -2.17. The zero-order valence-corrected chi connectivity index (χ0v) is 17.4. The number of unbranched alkanes of at least 4 members (excludes halogenated alkanes) is 2. The maximum atomic E-state index is 12.8. The van der Waals surface area contributed by atoms with Crippen LogP contribution in [0.2, 0.25) is 0 Å². The quantitative estimate of drug-likeness (QED) is 0.533. The van der Waals surface area contributed by atoms with Gasteiger partial charge in [0.1, 0.15) is 5.75 Å². The largest absolute Gasteiger partial charge is 0.495 e. The van der Waals surface area contributed by atoms with Crippen LogP contribution in [0.5, 0.6) is 5.75 Å². The maximum Gasteiger partial charge on any atom is 0.255 e. The molecule has 0 unspecified atom stereocenters. The molecular weight excluding hydrogens is 348 g/mol. The molecule has 0 aliphatic carbocycles. The van der Waals surface area contributed by atoms with Gasteiger partial charge in [0, 0.05) is 17.3 Å². The Kier molecular flexibility index (Phi) is 8.81. The number of nitrogens with one attached hydrogen (secondary N) is 1. The first kappa shape index (κ1) is 21.8. The number of fused-ring (bicyclic) bond motifs is 1. The van der Waals surface area contributed by atoms with Crippen molar-refractivity contribution in [3.05, 3.63) is 41.5 Å². The van der Waals surface area contributed by atoms with Crippen molar-refractivity contribution >= 4 is 16.7 Å². The molecule has 4 nitrogen and oxygen atoms in total. The smallest absolute Gasteiger partial charge is 0.255 e. The predicted molar refractivity (Wildman–Crippen MR) is 115 cm³/mol. The summed E-state index contributed by atoms with van der Waals surface area (Å²) >= 11 is 0. The zero-order chi connectivity index (χ0) is 20.4. The van der Waals surface area contributed by atoms with Gasteiger partial charge in [-0.25, -0.2) is 0 Å². The van der Waals surface area contributed by atoms with E-state index in [1.807, 2.05) is 24.3 Å². The van der Waals surface area contributed by atoms with Crippen LogP contribution < -0.4 is 10.1 Å². The minimum Gasteiger partial charge on any atom is -0.495 e. The van der Waals surface area contributed by atoms with E-state index in [-0.39, 0.29) is 5.91 Å². The van der Waals surface area contributed by atoms with Gasteiger partial charge in [-0.1, -0.05) is 76.6 Å². The Labute approximate surface area is 168 Å². The van der Waals surface area contributed by atoms with Crippen molar-refractivity contribution < 1.29 is 9.53 Å². The van der Waals surface area contributed by atoms with E-state index < -0.39 is 0 Å². The molecule has 0 saturated heterocycles. The molecule has 0 saturated carbocycles. The first-order valence-electron chi connectivity index (χ1n) is 10.4. The number of nitriles is 1. The van der Waals surface area contributed by atoms with Crippen molar-refractivity contribution in [3.63, 3.8) is 0 Å². The highest BCUT2D eigenvalue weighted by molar-refractivity contribution is 6.05. The zero-order valence-electron chi connectivity index (χ0n) is 17.4. The molecule has 0 radical (unpaired) electrons. The molecule has 28 heavy (non-hydrogen) atoms. The van der Waals surface area contributed by atoms with Crippen molar-refractivity contribution in [2.75, 3.05) is 13.7 Å². The van der Waals surface area contributed by atoms with Crippen LogP contribution in [0.4, 0.5) is 0 Å². The van der Waals surface area contributed by atoms with Gasteiger partial charge in [0.05, 0.1) is 24.3 Å². The van der Waals surface area contributed by atoms with Crippen LogP contribution in [-0.4, -0.2) is 19.6 Å². The van der Waals surface area contributed by atoms with Crippen LogP contribution >= 0.6 is 0 Å². The lowest BCUT2D eigenvalue weighted by molar-refractivity contribution is 0.0948. The van der Waals surface area contributed by atoms with Crippen LogP contribution in [-0.2, 0) is 0 Å². The molecule has 0 spiro atoms. The minimum absolute atomic E-state index is 0.177. The van der Waals surface area contributed by atoms with E-state index in [2.05, 4.69) is 25.2 Å². The number of benzene rings is 2. The van der Waals surface area contributed by atoms with Crippen LogP contribution in [0.1, 0.15) is 74.7 Å². The first-order valence-corrected chi connectivity index (χ1v) is 10.4. The Morgan fingerprint density at radius 2 is 1.75 bits per heavy atom. The van der Waals surface area contributed by atoms with Gasteiger partial charge < -0.3 is 10.1 Å². The van der Waals surface area contributed by atoms with Crippen LogP contribution in [0.15, 0.2) is 30.3 Å². The lowest BCUT2D eigenvalue weighted by Crippen LogP contribution is -2.26. The molecule has 1 amide bonds. The molecule has 0 heterocycles. The van der Waals surface area contributed by atoms with E-state index in [4.69, 9.17) is 4.74 Å². The number of hydrogen-bond acceptors (Lipinski definition) is 3. The van der Waals surface area contributed by atoms with Crippen molar-refractivity contribution in [3.8, 4) is 11.8 Å². The number of ether oxygens (including phenoxy) is 1. The van der Waals surface area contributed by atoms with E-state index in [0.717, 1.165) is 17.2 Å². The van der Waals surface area contributed by atoms with E-state index in [0.29, 0.717) is 29.3 Å². The summed E-state index contributed by atoms with van der Waals surface area (Å²) in [5, 5.41) is 14.1. The number of carbonyl (C=O) groups excluding carboxylic acids is 1. The van der Waals surface area contributed by atoms with Gasteiger partial charge in [0.15, 0.2) is 0 Å². The maximum absolute atomic E-state index is 12.8. The number of nitrogens with zero attached hydrogens (tertiary/aromatic N) is 1. The Balaban J connectivity index is 2.13. The third kappa shape index (κ3) is 5.48. The lowest BCUT2D eigenvalue weighted by atomic mass is 9.93. The van der Waals surface area contributed by atoms with Gasteiger partial charge in [-0.2, -0.15) is 5.26 Å². The fourth-order valence-corrected chi connectivity index (χ4v) is 3.73. The Bertz CT molecular complexity index is 815. The molecule has 0 fully saturated rings. The molecule has 0 aliphatic heterocycles. The molecule has 1 N–H and O–H groups in total. The second-order valence-corrected chi connectivity index (χ2v) is 7.36. The Morgan fingerprint density at radius 3 is 2.32 bits per heavy atom. The monoisotopic (exact) mass is 380 g/mol. The third-order valence-corrected chi connectivity index (χ3v) is 5.33. The standard InChI is InChI=1S/C24H32N2O2/c1-4-6-10-18(11-7-5-2)14-15-26-24(27)22-16-19(17-25)20-12-8-9-13-21(20)23(22)28-3/h8-9,12-13,16,18H,4-7,10-11,14-15H2,1-3H3,(H,26,27). The summed E-state index contributed by atoms with van der Waals surface area (Å²) in [5.41, 5.74) is 0.918. The van der Waals surface area contributed by atoms with Gasteiger partial charge in [0.25, 0.3) is 5.91 Å². The molecule has 0 aliphatic rings. The molecule has 0 bridgehead atoms. The Hall–Kier alpha value is -2.54. The van der Waals surface area contributed by atoms with Crippen molar-refractivity contribution in [1.82, 2.24) is 5.32 Å². The highest BCUT2D eigenvalue weighted by Gasteiger charge is 2.18. The molecule has 150 valence electrons. The molecule has 2 aromatic carbocycles. The molecule has 0 aromatic heterocycles. The number of methoxy groups -OCH3 is 1. The minimum atomic E-state index is -0.177. The molecule has 2 aromatic rings. The van der Waals surface area contributed by atoms with Gasteiger partial charge in [0.2, 0.25) is 0 Å². The van der Waals surface area contributed by atoms with Gasteiger partial charge in [-0.3, -0.25) is 4.79 Å². The SMILES string of the molecule is CCCCC(CCCC)CCNC(=O)c1cc(C#N)c2ccccc2c1OC. The van der Waals surface area contributed by atoms with Crippen LogP contribution in [0.25, 0.3) is 10.8 Å². The molecule has 4 heteroatoms. The highest BCUT2D eigenvalue weighted by atomic mass is 16.5. The molecule has 2 rings (SSSR count). The fraction of sp³-hybridized carbons (Fsp3) is 0.500. The van der Waals surface area contributed by atoms with Crippen LogP contribution in [0, 0.1) is 17.2 Å². The van der Waals surface area contributed by atoms with Crippen LogP contribution in [0.3, 0.4) is 0 Å². The summed E-state index contributed by atoms with van der Waals surface area (Å²) < 4.78 is 5.54. The van der Waals surface area contributed by atoms with Gasteiger partial charge in [-0.15, -0.1) is 0 Å². The van der Waals surface area contributed by atoms with Crippen molar-refractivity contribution in [1.29, 1.82) is 5.26 Å². The third-order valence-electron chi connectivity index (χ3n) is 5.33. The summed E-state index contributed by atoms with van der Waals surface area (Å²) in [6, 6.07) is 11.4. The highest BCUT2D eigenvalue weighted by Crippen LogP contribution is 2.32. The second kappa shape index (κ2) is 11.3. The van der Waals surface area contributed by atoms with E-state index in [9.17, 15) is 10.1 Å². The van der Waals surface area contributed by atoms with Crippen molar-refractivity contribution in [2.45, 2.75) is 58.8 Å². The summed E-state index contributed by atoms with van der Waals surface area (Å²) in [7, 11) is 1.57.